The molecule has 0 radical (unpaired) electrons. The molecule has 7 nitrogen and oxygen atoms in total. The van der Waals surface area contributed by atoms with Gasteiger partial charge < -0.3 is 20.8 Å². The van der Waals surface area contributed by atoms with Gasteiger partial charge in [0.2, 0.25) is 0 Å². The number of guanidine groups is 1. The summed E-state index contributed by atoms with van der Waals surface area (Å²) in [5.41, 5.74) is 4.13. The van der Waals surface area contributed by atoms with Crippen molar-refractivity contribution in [3.8, 4) is 0 Å². The summed E-state index contributed by atoms with van der Waals surface area (Å²) < 4.78 is 0. The summed E-state index contributed by atoms with van der Waals surface area (Å²) in [6, 6.07) is 0. The average molecular weight is 373 g/mol. The van der Waals surface area contributed by atoms with Gasteiger partial charge in [-0.2, -0.15) is 0 Å². The molecule has 0 aromatic carbocycles. The molecule has 27 heavy (non-hydrogen) atoms. The lowest BCUT2D eigenvalue weighted by Gasteiger charge is -2.57. The Hall–Kier alpha value is -2.15. The van der Waals surface area contributed by atoms with Crippen LogP contribution in [-0.4, -0.2) is 52.5 Å². The van der Waals surface area contributed by atoms with Crippen molar-refractivity contribution in [3.05, 3.63) is 23.4 Å². The number of allylic oxidation sites excluding steroid dienone is 2. The molecule has 1 heterocycles. The number of carbonyl (C=O) groups excluding carboxylic acids is 1. The highest BCUT2D eigenvalue weighted by Gasteiger charge is 2.73. The molecule has 146 valence electrons. The van der Waals surface area contributed by atoms with Crippen LogP contribution in [0.25, 0.3) is 0 Å². The topological polar surface area (TPSA) is 116 Å². The zero-order valence-electron chi connectivity index (χ0n) is 15.8. The number of aldehydes is 1. The van der Waals surface area contributed by atoms with E-state index in [1.54, 1.807) is 7.05 Å². The second-order valence-electron chi connectivity index (χ2n) is 8.68. The first-order valence-electron chi connectivity index (χ1n) is 9.57. The van der Waals surface area contributed by atoms with Crippen LogP contribution in [0.5, 0.6) is 0 Å². The lowest BCUT2D eigenvalue weighted by atomic mass is 9.49. The molecule has 2 saturated carbocycles. The van der Waals surface area contributed by atoms with Gasteiger partial charge in [-0.1, -0.05) is 13.0 Å². The van der Waals surface area contributed by atoms with Crippen molar-refractivity contribution in [3.63, 3.8) is 0 Å². The Labute approximate surface area is 158 Å². The van der Waals surface area contributed by atoms with E-state index in [9.17, 15) is 19.8 Å². The maximum atomic E-state index is 12.1. The van der Waals surface area contributed by atoms with Gasteiger partial charge in [-0.05, 0) is 49.5 Å². The third kappa shape index (κ3) is 2.03. The van der Waals surface area contributed by atoms with Crippen molar-refractivity contribution in [1.82, 2.24) is 4.90 Å². The second kappa shape index (κ2) is 5.67. The number of rotatable bonds is 2. The number of hydrogen-bond acceptors (Lipinski definition) is 4. The van der Waals surface area contributed by atoms with Gasteiger partial charge in [-0.25, -0.2) is 4.79 Å². The van der Waals surface area contributed by atoms with Crippen LogP contribution in [0.4, 0.5) is 0 Å². The summed E-state index contributed by atoms with van der Waals surface area (Å²) in [6.45, 7) is 2.77. The molecule has 0 unspecified atom stereocenters. The zero-order valence-corrected chi connectivity index (χ0v) is 15.8. The molecule has 4 N–H and O–H groups in total. The third-order valence-electron chi connectivity index (χ3n) is 7.88. The first kappa shape index (κ1) is 18.2. The number of hydrogen-bond donors (Lipinski definition) is 3. The van der Waals surface area contributed by atoms with Crippen molar-refractivity contribution >= 4 is 18.2 Å². The first-order valence-corrected chi connectivity index (χ1v) is 9.57. The Morgan fingerprint density at radius 3 is 2.81 bits per heavy atom. The molecule has 5 atom stereocenters. The van der Waals surface area contributed by atoms with Crippen molar-refractivity contribution in [2.24, 2.45) is 33.4 Å². The van der Waals surface area contributed by atoms with Gasteiger partial charge in [0.25, 0.3) is 0 Å². The Morgan fingerprint density at radius 2 is 2.19 bits per heavy atom. The molecule has 4 rings (SSSR count). The smallest absolute Gasteiger partial charge is 0.334 e. The predicted molar refractivity (Wildman–Crippen MR) is 99.7 cm³/mol. The van der Waals surface area contributed by atoms with Crippen molar-refractivity contribution < 1.29 is 19.8 Å². The van der Waals surface area contributed by atoms with E-state index in [2.05, 4.69) is 18.0 Å². The van der Waals surface area contributed by atoms with Gasteiger partial charge in [-0.3, -0.25) is 9.79 Å². The van der Waals surface area contributed by atoms with E-state index >= 15 is 0 Å². The number of aliphatic imine (C=N–C) groups is 1. The van der Waals surface area contributed by atoms with Crippen LogP contribution >= 0.6 is 0 Å². The number of carboxylic acid groups (broad SMARTS) is 1. The van der Waals surface area contributed by atoms with Crippen molar-refractivity contribution in [2.75, 3.05) is 13.6 Å². The fourth-order valence-electron chi connectivity index (χ4n) is 6.84. The monoisotopic (exact) mass is 373 g/mol. The highest BCUT2D eigenvalue weighted by atomic mass is 16.4. The number of nitrogens with zero attached hydrogens (tertiary/aromatic N) is 2. The molecule has 2 bridgehead atoms. The van der Waals surface area contributed by atoms with Gasteiger partial charge in [0.05, 0.1) is 5.57 Å². The maximum Gasteiger partial charge on any atom is 0.334 e. The summed E-state index contributed by atoms with van der Waals surface area (Å²) in [4.78, 5) is 29.9. The summed E-state index contributed by atoms with van der Waals surface area (Å²) in [7, 11) is 1.65. The number of aliphatic carboxylic acids is 1. The molecule has 3 aliphatic carbocycles. The van der Waals surface area contributed by atoms with Crippen LogP contribution in [0.1, 0.15) is 39.0 Å². The van der Waals surface area contributed by atoms with Crippen LogP contribution < -0.4 is 5.73 Å². The Bertz CT molecular complexity index is 803. The maximum absolute atomic E-state index is 12.1. The van der Waals surface area contributed by atoms with Gasteiger partial charge in [0.1, 0.15) is 0 Å². The summed E-state index contributed by atoms with van der Waals surface area (Å²) in [5.74, 6) is -0.259. The molecule has 1 aliphatic heterocycles. The fourth-order valence-corrected chi connectivity index (χ4v) is 6.84. The number of carboxylic acids is 1. The minimum absolute atomic E-state index is 0.0774. The van der Waals surface area contributed by atoms with E-state index in [1.165, 1.54) is 0 Å². The normalized spacial score (nSPS) is 43.4. The molecular weight excluding hydrogens is 346 g/mol. The van der Waals surface area contributed by atoms with Gasteiger partial charge in [0.15, 0.2) is 17.8 Å². The van der Waals surface area contributed by atoms with E-state index in [0.29, 0.717) is 31.1 Å². The highest BCUT2D eigenvalue weighted by Crippen LogP contribution is 2.75. The molecule has 2 fully saturated rings. The quantitative estimate of drug-likeness (QED) is 0.381. The Kier molecular flexibility index (Phi) is 3.83. The molecule has 4 aliphatic rings. The standard InChI is InChI=1S/C20H27N3O4/c1-12-4-5-13-8-14-15(16(25)26)19(27,11-24)9-20(12,14)18(13)6-3-7-23(10-18)17(21)22-2/h3,7,11-13,27H,4-6,8-10H2,1-2H3,(H2,21,22)(H,25,26)/t12-,13-,18-,19+,20+/m1/s1. The SMILES string of the molecule is CN=C(N)N1C=CC[C@@]2(C1)[C@@H]1CC[C@@H](C)[C@]23C[C@](O)(C=O)C(C(=O)O)=C3C1. The van der Waals surface area contributed by atoms with Gasteiger partial charge in [-0.15, -0.1) is 0 Å². The number of carbonyl (C=O) groups is 2. The van der Waals surface area contributed by atoms with Crippen LogP contribution in [0.2, 0.25) is 0 Å². The third-order valence-corrected chi connectivity index (χ3v) is 7.88. The van der Waals surface area contributed by atoms with Gasteiger partial charge in [0, 0.05) is 30.6 Å². The van der Waals surface area contributed by atoms with Crippen LogP contribution in [0.3, 0.4) is 0 Å². The Morgan fingerprint density at radius 1 is 1.44 bits per heavy atom. The highest BCUT2D eigenvalue weighted by molar-refractivity contribution is 5.98. The van der Waals surface area contributed by atoms with Crippen LogP contribution in [0.15, 0.2) is 28.4 Å². The molecular formula is C20H27N3O4. The lowest BCUT2D eigenvalue weighted by Crippen LogP contribution is -2.57. The lowest BCUT2D eigenvalue weighted by molar-refractivity contribution is -0.140. The molecule has 7 heteroatoms. The van der Waals surface area contributed by atoms with E-state index in [-0.39, 0.29) is 23.3 Å². The van der Waals surface area contributed by atoms with E-state index in [0.717, 1.165) is 24.8 Å². The number of aliphatic hydroxyl groups is 1. The summed E-state index contributed by atoms with van der Waals surface area (Å²) in [5, 5.41) is 20.9. The average Bonchev–Trinajstić information content (AvgIpc) is 2.99. The first-order chi connectivity index (χ1) is 12.8. The molecule has 0 aromatic heterocycles. The van der Waals surface area contributed by atoms with E-state index in [1.807, 2.05) is 11.1 Å². The van der Waals surface area contributed by atoms with E-state index in [4.69, 9.17) is 5.73 Å². The van der Waals surface area contributed by atoms with Gasteiger partial charge >= 0.3 is 5.97 Å². The second-order valence-corrected chi connectivity index (χ2v) is 8.68. The zero-order chi connectivity index (χ0) is 19.6. The largest absolute Gasteiger partial charge is 0.478 e. The van der Waals surface area contributed by atoms with E-state index < -0.39 is 17.0 Å². The molecule has 0 aromatic rings. The van der Waals surface area contributed by atoms with Crippen molar-refractivity contribution in [2.45, 2.75) is 44.6 Å². The minimum atomic E-state index is -1.92. The fraction of sp³-hybridized carbons (Fsp3) is 0.650. The predicted octanol–water partition coefficient (Wildman–Crippen LogP) is 1.29. The summed E-state index contributed by atoms with van der Waals surface area (Å²) >= 11 is 0. The minimum Gasteiger partial charge on any atom is -0.478 e. The number of nitrogens with two attached hydrogens (primary N) is 1. The Balaban J connectivity index is 1.93. The van der Waals surface area contributed by atoms with Crippen molar-refractivity contribution in [1.29, 1.82) is 0 Å². The molecule has 2 spiro atoms. The van der Waals surface area contributed by atoms with Crippen LogP contribution in [0, 0.1) is 22.7 Å². The molecule has 0 saturated heterocycles. The molecule has 0 amide bonds. The van der Waals surface area contributed by atoms with Crippen LogP contribution in [-0.2, 0) is 9.59 Å². The summed E-state index contributed by atoms with van der Waals surface area (Å²) in [6.07, 6.45) is 8.01.